The first-order valence-corrected chi connectivity index (χ1v) is 6.87. The van der Waals surface area contributed by atoms with Gasteiger partial charge in [0.25, 0.3) is 0 Å². The molecule has 0 fully saturated rings. The lowest BCUT2D eigenvalue weighted by molar-refractivity contribution is 0.502. The fourth-order valence-corrected chi connectivity index (χ4v) is 2.78. The first-order valence-electron chi connectivity index (χ1n) is 6.87. The van der Waals surface area contributed by atoms with Crippen LogP contribution in [0.3, 0.4) is 0 Å². The fourth-order valence-electron chi connectivity index (χ4n) is 2.78. The largest absolute Gasteiger partial charge is 0.0966 e. The Labute approximate surface area is 117 Å². The van der Waals surface area contributed by atoms with Crippen molar-refractivity contribution >= 4 is 0 Å². The van der Waals surface area contributed by atoms with Gasteiger partial charge in [-0.3, -0.25) is 0 Å². The Kier molecular flexibility index (Phi) is 3.67. The molecule has 19 heavy (non-hydrogen) atoms. The number of rotatable bonds is 1. The molecule has 0 heteroatoms. The molecule has 0 aliphatic heterocycles. The molecular formula is C19H22. The van der Waals surface area contributed by atoms with Gasteiger partial charge in [0.15, 0.2) is 0 Å². The maximum Gasteiger partial charge on any atom is 0.0245 e. The minimum atomic E-state index is 0.121. The van der Waals surface area contributed by atoms with Crippen molar-refractivity contribution < 1.29 is 0 Å². The molecule has 0 heterocycles. The quantitative estimate of drug-likeness (QED) is 0.607. The molecule has 0 radical (unpaired) electrons. The van der Waals surface area contributed by atoms with Crippen LogP contribution in [0.2, 0.25) is 0 Å². The van der Waals surface area contributed by atoms with Gasteiger partial charge in [-0.15, -0.1) is 0 Å². The molecule has 0 saturated heterocycles. The van der Waals surface area contributed by atoms with E-state index in [2.05, 4.69) is 58.6 Å². The van der Waals surface area contributed by atoms with Gasteiger partial charge in [0.2, 0.25) is 0 Å². The van der Waals surface area contributed by atoms with Crippen molar-refractivity contribution in [3.05, 3.63) is 58.2 Å². The van der Waals surface area contributed by atoms with Gasteiger partial charge in [0, 0.05) is 17.4 Å². The molecule has 1 aliphatic rings. The van der Waals surface area contributed by atoms with E-state index in [-0.39, 0.29) is 5.41 Å². The summed E-state index contributed by atoms with van der Waals surface area (Å²) in [5, 5.41) is 0. The highest BCUT2D eigenvalue weighted by atomic mass is 14.4. The number of hydrogen-bond acceptors (Lipinski definition) is 0. The Morgan fingerprint density at radius 3 is 1.95 bits per heavy atom. The van der Waals surface area contributed by atoms with E-state index in [1.54, 1.807) is 0 Å². The van der Waals surface area contributed by atoms with Crippen molar-refractivity contribution in [2.45, 2.75) is 41.0 Å². The molecule has 0 nitrogen and oxygen atoms in total. The standard InChI is InChI=1S/C19H22/c1-14-15(2)17(4)19(5,16(14)3)13-9-12-18-10-7-6-8-11-18/h6-8,10-11H,13H2,1-5H3. The van der Waals surface area contributed by atoms with E-state index in [0.717, 1.165) is 12.0 Å². The summed E-state index contributed by atoms with van der Waals surface area (Å²) >= 11 is 0. The third-order valence-electron chi connectivity index (χ3n) is 4.79. The SMILES string of the molecule is CC1=C(C)C(C)(CC#Cc2ccccc2)C(C)=C1C. The molecule has 0 aromatic heterocycles. The summed E-state index contributed by atoms with van der Waals surface area (Å²) < 4.78 is 0. The van der Waals surface area contributed by atoms with Gasteiger partial charge in [0.1, 0.15) is 0 Å². The van der Waals surface area contributed by atoms with Crippen LogP contribution < -0.4 is 0 Å². The van der Waals surface area contributed by atoms with Crippen LogP contribution in [0.5, 0.6) is 0 Å². The Morgan fingerprint density at radius 1 is 0.895 bits per heavy atom. The van der Waals surface area contributed by atoms with Crippen molar-refractivity contribution in [3.8, 4) is 11.8 Å². The Bertz CT molecular complexity index is 576. The van der Waals surface area contributed by atoms with E-state index in [4.69, 9.17) is 0 Å². The highest BCUT2D eigenvalue weighted by Crippen LogP contribution is 2.48. The topological polar surface area (TPSA) is 0 Å². The second-order valence-corrected chi connectivity index (χ2v) is 5.68. The zero-order chi connectivity index (χ0) is 14.0. The third kappa shape index (κ3) is 2.38. The van der Waals surface area contributed by atoms with E-state index in [1.807, 2.05) is 18.2 Å². The van der Waals surface area contributed by atoms with Crippen molar-refractivity contribution in [3.63, 3.8) is 0 Å². The van der Waals surface area contributed by atoms with Crippen LogP contribution >= 0.6 is 0 Å². The number of benzene rings is 1. The predicted molar refractivity (Wildman–Crippen MR) is 82.8 cm³/mol. The summed E-state index contributed by atoms with van der Waals surface area (Å²) in [4.78, 5) is 0. The van der Waals surface area contributed by atoms with Gasteiger partial charge >= 0.3 is 0 Å². The van der Waals surface area contributed by atoms with Crippen LogP contribution in [-0.4, -0.2) is 0 Å². The summed E-state index contributed by atoms with van der Waals surface area (Å²) in [7, 11) is 0. The number of hydrogen-bond donors (Lipinski definition) is 0. The maximum atomic E-state index is 3.37. The minimum absolute atomic E-state index is 0.121. The van der Waals surface area contributed by atoms with Crippen LogP contribution in [0.25, 0.3) is 0 Å². The molecule has 1 aromatic rings. The summed E-state index contributed by atoms with van der Waals surface area (Å²) in [5.74, 6) is 6.64. The van der Waals surface area contributed by atoms with Crippen LogP contribution in [0.15, 0.2) is 52.6 Å². The van der Waals surface area contributed by atoms with Gasteiger partial charge in [-0.2, -0.15) is 0 Å². The van der Waals surface area contributed by atoms with Gasteiger partial charge in [0.05, 0.1) is 0 Å². The Morgan fingerprint density at radius 2 is 1.42 bits per heavy atom. The predicted octanol–water partition coefficient (Wildman–Crippen LogP) is 5.12. The van der Waals surface area contributed by atoms with Gasteiger partial charge in [-0.1, -0.05) is 48.1 Å². The molecule has 2 rings (SSSR count). The fraction of sp³-hybridized carbons (Fsp3) is 0.368. The zero-order valence-corrected chi connectivity index (χ0v) is 12.6. The second kappa shape index (κ2) is 5.10. The average molecular weight is 250 g/mol. The van der Waals surface area contributed by atoms with E-state index >= 15 is 0 Å². The molecule has 0 amide bonds. The van der Waals surface area contributed by atoms with Gasteiger partial charge in [-0.25, -0.2) is 0 Å². The van der Waals surface area contributed by atoms with Crippen LogP contribution in [-0.2, 0) is 0 Å². The highest BCUT2D eigenvalue weighted by Gasteiger charge is 2.35. The molecular weight excluding hydrogens is 228 g/mol. The summed E-state index contributed by atoms with van der Waals surface area (Å²) in [6, 6.07) is 10.2. The summed E-state index contributed by atoms with van der Waals surface area (Å²) in [6.07, 6.45) is 0.897. The Balaban J connectivity index is 2.24. The van der Waals surface area contributed by atoms with Crippen LogP contribution in [0.4, 0.5) is 0 Å². The second-order valence-electron chi connectivity index (χ2n) is 5.68. The molecule has 0 spiro atoms. The van der Waals surface area contributed by atoms with E-state index in [1.165, 1.54) is 22.3 Å². The molecule has 0 saturated carbocycles. The van der Waals surface area contributed by atoms with Crippen molar-refractivity contribution in [2.75, 3.05) is 0 Å². The normalized spacial score (nSPS) is 17.5. The first kappa shape index (κ1) is 13.7. The molecule has 0 atom stereocenters. The lowest BCUT2D eigenvalue weighted by atomic mass is 9.77. The van der Waals surface area contributed by atoms with Gasteiger partial charge < -0.3 is 0 Å². The summed E-state index contributed by atoms with van der Waals surface area (Å²) in [5.41, 5.74) is 7.06. The van der Waals surface area contributed by atoms with Crippen LogP contribution in [0, 0.1) is 17.3 Å². The lowest BCUT2D eigenvalue weighted by Crippen LogP contribution is -2.16. The smallest absolute Gasteiger partial charge is 0.0245 e. The molecule has 0 N–H and O–H groups in total. The highest BCUT2D eigenvalue weighted by molar-refractivity contribution is 5.51. The van der Waals surface area contributed by atoms with Crippen LogP contribution in [0.1, 0.15) is 46.6 Å². The van der Waals surface area contributed by atoms with E-state index in [0.29, 0.717) is 0 Å². The maximum absolute atomic E-state index is 3.37. The first-order chi connectivity index (χ1) is 8.97. The molecule has 1 aromatic carbocycles. The molecule has 1 aliphatic carbocycles. The lowest BCUT2D eigenvalue weighted by Gasteiger charge is -2.26. The van der Waals surface area contributed by atoms with Crippen molar-refractivity contribution in [1.82, 2.24) is 0 Å². The monoisotopic (exact) mass is 250 g/mol. The average Bonchev–Trinajstić information content (AvgIpc) is 2.57. The summed E-state index contributed by atoms with van der Waals surface area (Å²) in [6.45, 7) is 11.3. The molecule has 0 unspecified atom stereocenters. The van der Waals surface area contributed by atoms with E-state index in [9.17, 15) is 0 Å². The van der Waals surface area contributed by atoms with Crippen molar-refractivity contribution in [2.24, 2.45) is 5.41 Å². The minimum Gasteiger partial charge on any atom is -0.0966 e. The third-order valence-corrected chi connectivity index (χ3v) is 4.79. The zero-order valence-electron chi connectivity index (χ0n) is 12.6. The van der Waals surface area contributed by atoms with E-state index < -0.39 is 0 Å². The van der Waals surface area contributed by atoms with Crippen molar-refractivity contribution in [1.29, 1.82) is 0 Å². The van der Waals surface area contributed by atoms with Gasteiger partial charge in [-0.05, 0) is 51.0 Å². The molecule has 98 valence electrons. The Hall–Kier alpha value is -1.74. The molecule has 0 bridgehead atoms. The number of allylic oxidation sites excluding steroid dienone is 4.